The average Bonchev–Trinajstić information content (AvgIpc) is 2.41. The molecule has 7 nitrogen and oxygen atoms in total. The van der Waals surface area contributed by atoms with E-state index in [0.29, 0.717) is 10.7 Å². The number of carbonyl (C=O) groups excluding carboxylic acids is 1. The molecule has 0 saturated carbocycles. The van der Waals surface area contributed by atoms with E-state index in [0.717, 1.165) is 0 Å². The van der Waals surface area contributed by atoms with Gasteiger partial charge in [0.1, 0.15) is 0 Å². The molecule has 0 unspecified atom stereocenters. The number of nitrogens with two attached hydrogens (primary N) is 1. The molecule has 112 valence electrons. The van der Waals surface area contributed by atoms with Crippen molar-refractivity contribution in [2.24, 2.45) is 5.73 Å². The summed E-state index contributed by atoms with van der Waals surface area (Å²) in [4.78, 5) is 20.5. The van der Waals surface area contributed by atoms with E-state index >= 15 is 0 Å². The van der Waals surface area contributed by atoms with Crippen LogP contribution in [0.3, 0.4) is 0 Å². The minimum Gasteiger partial charge on any atom is -0.549 e. The van der Waals surface area contributed by atoms with Crippen LogP contribution in [-0.2, 0) is 4.79 Å². The molecular formula is C11H9Cl3KN5O2. The van der Waals surface area contributed by atoms with Gasteiger partial charge in [0.25, 0.3) is 0 Å². The molecule has 2 rings (SSSR count). The van der Waals surface area contributed by atoms with Gasteiger partial charge < -0.3 is 21.0 Å². The number of anilines is 2. The zero-order chi connectivity index (χ0) is 15.8. The molecule has 0 aliphatic heterocycles. The van der Waals surface area contributed by atoms with Gasteiger partial charge >= 0.3 is 51.4 Å². The van der Waals surface area contributed by atoms with E-state index in [1.165, 1.54) is 0 Å². The van der Waals surface area contributed by atoms with Crippen molar-refractivity contribution in [3.63, 3.8) is 0 Å². The number of aromatic nitrogens is 3. The summed E-state index contributed by atoms with van der Waals surface area (Å²) in [5.41, 5.74) is 5.18. The number of carboxylic acid groups (broad SMARTS) is 1. The van der Waals surface area contributed by atoms with Crippen LogP contribution in [0.15, 0.2) is 24.3 Å². The first-order chi connectivity index (χ1) is 9.92. The van der Waals surface area contributed by atoms with Gasteiger partial charge in [-0.1, -0.05) is 23.7 Å². The smallest absolute Gasteiger partial charge is 0.549 e. The predicted octanol–water partition coefficient (Wildman–Crippen LogP) is -1.73. The second-order valence-corrected chi connectivity index (χ2v) is 4.46. The van der Waals surface area contributed by atoms with Gasteiger partial charge in [-0.05, 0) is 35.3 Å². The van der Waals surface area contributed by atoms with Crippen LogP contribution in [0.2, 0.25) is 15.6 Å². The van der Waals surface area contributed by atoms with E-state index in [1.54, 1.807) is 12.1 Å². The number of hydrogen-bond acceptors (Lipinski definition) is 7. The van der Waals surface area contributed by atoms with Gasteiger partial charge in [0.05, 0.1) is 16.7 Å². The fraction of sp³-hybridized carbons (Fsp3) is 0.0909. The molecule has 0 atom stereocenters. The van der Waals surface area contributed by atoms with Crippen LogP contribution in [-0.4, -0.2) is 27.5 Å². The molecule has 11 heteroatoms. The molecule has 0 bridgehead atoms. The molecule has 0 saturated heterocycles. The molecule has 1 aromatic heterocycles. The number of carbonyl (C=O) groups is 1. The number of hydrogen-bond donors (Lipinski definition) is 2. The van der Waals surface area contributed by atoms with Gasteiger partial charge in [-0.25, -0.2) is 0 Å². The number of carboxylic acids is 1. The summed E-state index contributed by atoms with van der Waals surface area (Å²) in [6.07, 6.45) is 0. The molecule has 2 aromatic rings. The first kappa shape index (κ1) is 22.0. The molecule has 0 radical (unpaired) electrons. The standard InChI is InChI=1S/C9H5Cl3N4.C2H5NO2.K/c10-5-3-1-2-4-6(5)13-9-15-7(11)14-8(12)16-9;3-1-2(4)5;/h1-4H,(H,13,14,15,16);1,3H2,(H,4,5);/q;;+1/p-1. The van der Waals surface area contributed by atoms with Crippen molar-refractivity contribution < 1.29 is 61.3 Å². The van der Waals surface area contributed by atoms with Gasteiger partial charge in [0.2, 0.25) is 16.5 Å². The zero-order valence-corrected chi connectivity index (χ0v) is 16.8. The first-order valence-corrected chi connectivity index (χ1v) is 6.54. The van der Waals surface area contributed by atoms with E-state index in [1.807, 2.05) is 12.1 Å². The van der Waals surface area contributed by atoms with E-state index in [4.69, 9.17) is 44.7 Å². The maximum Gasteiger partial charge on any atom is 1.00 e. The van der Waals surface area contributed by atoms with Crippen molar-refractivity contribution in [1.29, 1.82) is 0 Å². The van der Waals surface area contributed by atoms with E-state index < -0.39 is 5.97 Å². The van der Waals surface area contributed by atoms with Crippen LogP contribution in [0.5, 0.6) is 0 Å². The predicted molar refractivity (Wildman–Crippen MR) is 78.6 cm³/mol. The molecular weight excluding hydrogens is 380 g/mol. The minimum atomic E-state index is -1.22. The first-order valence-electron chi connectivity index (χ1n) is 5.41. The van der Waals surface area contributed by atoms with Crippen LogP contribution in [0, 0.1) is 0 Å². The van der Waals surface area contributed by atoms with Crippen molar-refractivity contribution >= 4 is 52.4 Å². The number of aliphatic carboxylic acids is 1. The van der Waals surface area contributed by atoms with Crippen molar-refractivity contribution in [2.45, 2.75) is 0 Å². The Morgan fingerprint density at radius 1 is 1.14 bits per heavy atom. The summed E-state index contributed by atoms with van der Waals surface area (Å²) in [6, 6.07) is 7.18. The Kier molecular flexibility index (Phi) is 11.5. The fourth-order valence-corrected chi connectivity index (χ4v) is 1.61. The quantitative estimate of drug-likeness (QED) is 0.600. The third-order valence-electron chi connectivity index (χ3n) is 1.87. The Balaban J connectivity index is 0.000000644. The molecule has 1 aromatic carbocycles. The van der Waals surface area contributed by atoms with Crippen LogP contribution in [0.1, 0.15) is 0 Å². The van der Waals surface area contributed by atoms with E-state index in [9.17, 15) is 0 Å². The summed E-state index contributed by atoms with van der Waals surface area (Å²) in [5, 5.41) is 12.6. The summed E-state index contributed by atoms with van der Waals surface area (Å²) in [6.45, 7) is -0.389. The van der Waals surface area contributed by atoms with Gasteiger partial charge in [-0.3, -0.25) is 0 Å². The molecule has 0 amide bonds. The number of benzene rings is 1. The molecule has 0 spiro atoms. The fourth-order valence-electron chi connectivity index (χ4n) is 1.06. The van der Waals surface area contributed by atoms with Crippen molar-refractivity contribution in [3.8, 4) is 0 Å². The van der Waals surface area contributed by atoms with Crippen molar-refractivity contribution in [2.75, 3.05) is 11.9 Å². The Morgan fingerprint density at radius 2 is 1.64 bits per heavy atom. The Morgan fingerprint density at radius 3 is 2.09 bits per heavy atom. The maximum atomic E-state index is 9.13. The number of rotatable bonds is 3. The molecule has 0 fully saturated rings. The van der Waals surface area contributed by atoms with Crippen LogP contribution in [0.25, 0.3) is 0 Å². The molecule has 0 aliphatic rings. The van der Waals surface area contributed by atoms with Crippen LogP contribution < -0.4 is 67.5 Å². The molecule has 0 aliphatic carbocycles. The van der Waals surface area contributed by atoms with Crippen molar-refractivity contribution in [1.82, 2.24) is 15.0 Å². The topological polar surface area (TPSA) is 117 Å². The van der Waals surface area contributed by atoms with Crippen molar-refractivity contribution in [3.05, 3.63) is 39.9 Å². The Labute approximate surface area is 184 Å². The SMILES string of the molecule is Clc1nc(Cl)nc(Nc2ccccc2Cl)n1.NCC(=O)[O-].[K+]. The third-order valence-corrected chi connectivity index (χ3v) is 2.54. The number of halogens is 3. The summed E-state index contributed by atoms with van der Waals surface area (Å²) in [7, 11) is 0. The van der Waals surface area contributed by atoms with Gasteiger partial charge in [-0.2, -0.15) is 15.0 Å². The minimum absolute atomic E-state index is 0. The van der Waals surface area contributed by atoms with Crippen LogP contribution >= 0.6 is 34.8 Å². The number of nitrogens with zero attached hydrogens (tertiary/aromatic N) is 3. The van der Waals surface area contributed by atoms with E-state index in [2.05, 4.69) is 26.0 Å². The second-order valence-electron chi connectivity index (χ2n) is 3.38. The summed E-state index contributed by atoms with van der Waals surface area (Å²) >= 11 is 17.2. The van der Waals surface area contributed by atoms with Gasteiger partial charge in [0, 0.05) is 6.54 Å². The third kappa shape index (κ3) is 8.56. The molecule has 3 N–H and O–H groups in total. The maximum absolute atomic E-state index is 9.13. The number of para-hydroxylation sites is 1. The largest absolute Gasteiger partial charge is 1.00 e. The zero-order valence-electron chi connectivity index (χ0n) is 11.4. The number of nitrogens with one attached hydrogen (secondary N) is 1. The second kappa shape index (κ2) is 11.5. The normalized spacial score (nSPS) is 9.09. The van der Waals surface area contributed by atoms with Gasteiger partial charge in [0.15, 0.2) is 0 Å². The Hall–Kier alpha value is -0.0336. The van der Waals surface area contributed by atoms with Gasteiger partial charge in [-0.15, -0.1) is 0 Å². The monoisotopic (exact) mass is 387 g/mol. The molecule has 22 heavy (non-hydrogen) atoms. The average molecular weight is 389 g/mol. The summed E-state index contributed by atoms with van der Waals surface area (Å²) < 4.78 is 0. The Bertz CT molecular complexity index is 612. The molecule has 1 heterocycles. The van der Waals surface area contributed by atoms with Crippen LogP contribution in [0.4, 0.5) is 11.6 Å². The summed E-state index contributed by atoms with van der Waals surface area (Å²) in [5.74, 6) is -0.969. The van der Waals surface area contributed by atoms with E-state index in [-0.39, 0.29) is 74.4 Å².